The molecule has 224 valence electrons. The Balaban J connectivity index is 1.03. The van der Waals surface area contributed by atoms with E-state index >= 15 is 0 Å². The number of urea groups is 1. The number of carbonyl (C=O) groups is 3. The summed E-state index contributed by atoms with van der Waals surface area (Å²) in [5.41, 5.74) is 1.98. The number of piperidine rings is 3. The van der Waals surface area contributed by atoms with Gasteiger partial charge >= 0.3 is 6.03 Å². The van der Waals surface area contributed by atoms with Gasteiger partial charge in [-0.15, -0.1) is 0 Å². The zero-order valence-electron chi connectivity index (χ0n) is 24.2. The number of aliphatic hydroxyl groups is 1. The molecule has 6 rings (SSSR count). The molecule has 4 fully saturated rings. The van der Waals surface area contributed by atoms with Crippen molar-refractivity contribution in [1.82, 2.24) is 24.9 Å². The lowest BCUT2D eigenvalue weighted by molar-refractivity contribution is -0.137. The van der Waals surface area contributed by atoms with Gasteiger partial charge in [-0.2, -0.15) is 0 Å². The number of benzene rings is 1. The Hall–Kier alpha value is -2.69. The average molecular weight is 567 g/mol. The standard InChI is InChI=1S/C31H46N6O4/c38-28(35-16-12-25(13-17-35)37-21-23-6-2-3-7-26(23)33-31(37)41)20-27(32-29(39)22-8-9-22)30(40)36-18-10-24(11-19-36)34-14-4-1-5-15-34/h2-3,6-7,22,24-25,27,30,40H,1,4-5,8-21H2,(H,32,39)(H,33,41)/t27-,30?/m0/s1. The Bertz CT molecular complexity index is 1090. The Labute approximate surface area is 243 Å². The molecule has 10 heteroatoms. The van der Waals surface area contributed by atoms with E-state index in [0.717, 1.165) is 50.0 Å². The molecule has 0 radical (unpaired) electrons. The van der Waals surface area contributed by atoms with Crippen LogP contribution in [0.15, 0.2) is 24.3 Å². The highest BCUT2D eigenvalue weighted by molar-refractivity contribution is 5.92. The van der Waals surface area contributed by atoms with Crippen LogP contribution in [0.3, 0.4) is 0 Å². The number of hydrogen-bond acceptors (Lipinski definition) is 6. The molecule has 10 nitrogen and oxygen atoms in total. The van der Waals surface area contributed by atoms with E-state index in [0.29, 0.717) is 38.5 Å². The fourth-order valence-electron chi connectivity index (χ4n) is 7.19. The highest BCUT2D eigenvalue weighted by Gasteiger charge is 2.38. The third-order valence-corrected chi connectivity index (χ3v) is 9.93. The van der Waals surface area contributed by atoms with Crippen LogP contribution in [0, 0.1) is 5.92 Å². The van der Waals surface area contributed by atoms with E-state index < -0.39 is 12.3 Å². The van der Waals surface area contributed by atoms with Gasteiger partial charge in [0.05, 0.1) is 12.5 Å². The molecule has 0 spiro atoms. The Morgan fingerprint density at radius 1 is 0.902 bits per heavy atom. The van der Waals surface area contributed by atoms with Gasteiger partial charge in [0.2, 0.25) is 11.8 Å². The van der Waals surface area contributed by atoms with Gasteiger partial charge in [-0.1, -0.05) is 24.6 Å². The summed E-state index contributed by atoms with van der Waals surface area (Å²) in [7, 11) is 0. The van der Waals surface area contributed by atoms with Crippen LogP contribution in [-0.2, 0) is 16.1 Å². The number of rotatable bonds is 8. The Morgan fingerprint density at radius 2 is 1.59 bits per heavy atom. The molecular formula is C31H46N6O4. The quantitative estimate of drug-likeness (QED) is 0.447. The monoisotopic (exact) mass is 566 g/mol. The number of amides is 4. The maximum atomic E-state index is 13.5. The van der Waals surface area contributed by atoms with Gasteiger partial charge in [0.25, 0.3) is 0 Å². The molecule has 1 aliphatic carbocycles. The topological polar surface area (TPSA) is 108 Å². The summed E-state index contributed by atoms with van der Waals surface area (Å²) in [5.74, 6) is -0.0680. The maximum Gasteiger partial charge on any atom is 0.322 e. The van der Waals surface area contributed by atoms with Crippen molar-refractivity contribution in [3.63, 3.8) is 0 Å². The van der Waals surface area contributed by atoms with Crippen molar-refractivity contribution >= 4 is 23.5 Å². The number of likely N-dealkylation sites (tertiary alicyclic amines) is 3. The maximum absolute atomic E-state index is 13.5. The fourth-order valence-corrected chi connectivity index (χ4v) is 7.19. The minimum atomic E-state index is -0.876. The van der Waals surface area contributed by atoms with Crippen molar-refractivity contribution < 1.29 is 19.5 Å². The first-order chi connectivity index (χ1) is 20.0. The first-order valence-corrected chi connectivity index (χ1v) is 15.9. The van der Waals surface area contributed by atoms with E-state index in [4.69, 9.17) is 0 Å². The number of fused-ring (bicyclic) bond motifs is 1. The lowest BCUT2D eigenvalue weighted by Crippen LogP contribution is -2.57. The zero-order valence-corrected chi connectivity index (χ0v) is 24.2. The summed E-state index contributed by atoms with van der Waals surface area (Å²) in [6.07, 6.45) is 8.30. The van der Waals surface area contributed by atoms with E-state index in [9.17, 15) is 19.5 Å². The summed E-state index contributed by atoms with van der Waals surface area (Å²) in [6.45, 7) is 5.61. The zero-order chi connectivity index (χ0) is 28.3. The lowest BCUT2D eigenvalue weighted by Gasteiger charge is -2.43. The number of aliphatic hydroxyl groups excluding tert-OH is 1. The van der Waals surface area contributed by atoms with Crippen molar-refractivity contribution in [2.45, 2.75) is 95.1 Å². The molecule has 3 N–H and O–H groups in total. The largest absolute Gasteiger partial charge is 0.376 e. The molecule has 0 aromatic heterocycles. The number of para-hydroxylation sites is 1. The number of anilines is 1. The van der Waals surface area contributed by atoms with E-state index in [1.165, 1.54) is 32.4 Å². The molecule has 1 aromatic rings. The van der Waals surface area contributed by atoms with Gasteiger partial charge in [-0.3, -0.25) is 14.5 Å². The lowest BCUT2D eigenvalue weighted by atomic mass is 9.98. The van der Waals surface area contributed by atoms with E-state index in [2.05, 4.69) is 20.4 Å². The smallest absolute Gasteiger partial charge is 0.322 e. The second kappa shape index (κ2) is 12.7. The first-order valence-electron chi connectivity index (χ1n) is 15.9. The molecule has 4 aliphatic heterocycles. The van der Waals surface area contributed by atoms with Gasteiger partial charge in [-0.05, 0) is 76.1 Å². The predicted molar refractivity (Wildman–Crippen MR) is 156 cm³/mol. The van der Waals surface area contributed by atoms with Gasteiger partial charge in [0, 0.05) is 56.4 Å². The van der Waals surface area contributed by atoms with Gasteiger partial charge in [-0.25, -0.2) is 4.79 Å². The summed E-state index contributed by atoms with van der Waals surface area (Å²) in [5, 5.41) is 17.5. The van der Waals surface area contributed by atoms with Crippen molar-refractivity contribution in [3.8, 4) is 0 Å². The van der Waals surface area contributed by atoms with Crippen LogP contribution < -0.4 is 10.6 Å². The van der Waals surface area contributed by atoms with Crippen LogP contribution in [0.4, 0.5) is 10.5 Å². The van der Waals surface area contributed by atoms with Gasteiger partial charge in [0.15, 0.2) is 0 Å². The summed E-state index contributed by atoms with van der Waals surface area (Å²) in [6, 6.07) is 7.81. The van der Waals surface area contributed by atoms with Crippen molar-refractivity contribution in [2.75, 3.05) is 44.6 Å². The van der Waals surface area contributed by atoms with Crippen LogP contribution in [0.1, 0.15) is 69.8 Å². The number of nitrogens with zero attached hydrogens (tertiary/aromatic N) is 4. The molecule has 1 unspecified atom stereocenters. The first kappa shape index (κ1) is 28.4. The van der Waals surface area contributed by atoms with Crippen LogP contribution in [-0.4, -0.2) is 106 Å². The fraction of sp³-hybridized carbons (Fsp3) is 0.710. The third-order valence-electron chi connectivity index (χ3n) is 9.93. The number of carbonyl (C=O) groups excluding carboxylic acids is 3. The molecule has 2 atom stereocenters. The SMILES string of the molecule is O=C(N[C@@H](CC(=O)N1CCC(N2Cc3ccccc3NC2=O)CC1)C(O)N1CCC(N2CCCCC2)CC1)C1CC1. The van der Waals surface area contributed by atoms with Crippen molar-refractivity contribution in [2.24, 2.45) is 5.92 Å². The molecular weight excluding hydrogens is 520 g/mol. The molecule has 5 aliphatic rings. The Kier molecular flexibility index (Phi) is 8.79. The predicted octanol–water partition coefficient (Wildman–Crippen LogP) is 2.58. The molecule has 1 saturated carbocycles. The molecule has 41 heavy (non-hydrogen) atoms. The van der Waals surface area contributed by atoms with Crippen LogP contribution >= 0.6 is 0 Å². The highest BCUT2D eigenvalue weighted by Crippen LogP contribution is 2.30. The summed E-state index contributed by atoms with van der Waals surface area (Å²) < 4.78 is 0. The molecule has 4 heterocycles. The molecule has 1 aromatic carbocycles. The van der Waals surface area contributed by atoms with Crippen molar-refractivity contribution in [1.29, 1.82) is 0 Å². The normalized spacial score (nSPS) is 24.9. The molecule has 0 bridgehead atoms. The minimum absolute atomic E-state index is 0.0150. The van der Waals surface area contributed by atoms with Crippen molar-refractivity contribution in [3.05, 3.63) is 29.8 Å². The van der Waals surface area contributed by atoms with E-state index in [1.807, 2.05) is 34.1 Å². The summed E-state index contributed by atoms with van der Waals surface area (Å²) >= 11 is 0. The van der Waals surface area contributed by atoms with Gasteiger partial charge in [0.1, 0.15) is 6.23 Å². The van der Waals surface area contributed by atoms with Crippen LogP contribution in [0.25, 0.3) is 0 Å². The Morgan fingerprint density at radius 3 is 2.29 bits per heavy atom. The van der Waals surface area contributed by atoms with Crippen LogP contribution in [0.5, 0.6) is 0 Å². The van der Waals surface area contributed by atoms with Crippen LogP contribution in [0.2, 0.25) is 0 Å². The average Bonchev–Trinajstić information content (AvgIpc) is 3.87. The number of nitrogens with one attached hydrogen (secondary N) is 2. The number of hydrogen-bond donors (Lipinski definition) is 3. The highest BCUT2D eigenvalue weighted by atomic mass is 16.3. The minimum Gasteiger partial charge on any atom is -0.376 e. The van der Waals surface area contributed by atoms with Gasteiger partial charge < -0.3 is 30.4 Å². The second-order valence-electron chi connectivity index (χ2n) is 12.7. The summed E-state index contributed by atoms with van der Waals surface area (Å²) in [4.78, 5) is 47.4. The van der Waals surface area contributed by atoms with E-state index in [-0.39, 0.29) is 36.2 Å². The third kappa shape index (κ3) is 6.70. The van der Waals surface area contributed by atoms with E-state index in [1.54, 1.807) is 0 Å². The second-order valence-corrected chi connectivity index (χ2v) is 12.7. The molecule has 4 amide bonds. The molecule has 3 saturated heterocycles.